The molecule has 1 saturated heterocycles. The second-order valence-corrected chi connectivity index (χ2v) is 7.42. The van der Waals surface area contributed by atoms with E-state index in [0.29, 0.717) is 29.9 Å². The zero-order valence-corrected chi connectivity index (χ0v) is 17.0. The van der Waals surface area contributed by atoms with Crippen LogP contribution >= 0.6 is 11.6 Å². The highest BCUT2D eigenvalue weighted by Crippen LogP contribution is 2.34. The summed E-state index contributed by atoms with van der Waals surface area (Å²) >= 11 is 6.20. The monoisotopic (exact) mass is 401 g/mol. The number of hydrogen-bond donors (Lipinski definition) is 1. The molecule has 4 rings (SSSR count). The summed E-state index contributed by atoms with van der Waals surface area (Å²) in [7, 11) is 3.15. The summed E-state index contributed by atoms with van der Waals surface area (Å²) in [6.45, 7) is 5.27. The fourth-order valence-corrected chi connectivity index (χ4v) is 3.96. The van der Waals surface area contributed by atoms with Gasteiger partial charge in [-0.1, -0.05) is 28.7 Å². The van der Waals surface area contributed by atoms with Gasteiger partial charge in [0.2, 0.25) is 11.9 Å². The van der Waals surface area contributed by atoms with E-state index in [2.05, 4.69) is 14.9 Å². The number of carbonyl (C=O) groups excluding carboxylic acids is 2. The molecule has 0 bridgehead atoms. The van der Waals surface area contributed by atoms with Crippen molar-refractivity contribution in [1.29, 1.82) is 0 Å². The third kappa shape index (κ3) is 2.59. The van der Waals surface area contributed by atoms with Gasteiger partial charge < -0.3 is 5.32 Å². The number of amidine groups is 1. The van der Waals surface area contributed by atoms with Crippen LogP contribution in [0.25, 0.3) is 0 Å². The first-order valence-electron chi connectivity index (χ1n) is 9.06. The molecule has 1 fully saturated rings. The maximum Gasteiger partial charge on any atom is 0.402 e. The normalized spacial score (nSPS) is 18.3. The van der Waals surface area contributed by atoms with Crippen molar-refractivity contribution in [2.45, 2.75) is 26.4 Å². The number of fused-ring (bicyclic) bond motifs is 3. The lowest BCUT2D eigenvalue weighted by Gasteiger charge is -2.30. The van der Waals surface area contributed by atoms with Crippen LogP contribution in [0.2, 0.25) is 5.02 Å². The van der Waals surface area contributed by atoms with Crippen molar-refractivity contribution < 1.29 is 14.2 Å². The zero-order valence-electron chi connectivity index (χ0n) is 16.2. The number of nitrogens with zero attached hydrogens (tertiary/aromatic N) is 5. The van der Waals surface area contributed by atoms with Crippen molar-refractivity contribution in [3.8, 4) is 0 Å². The van der Waals surface area contributed by atoms with Gasteiger partial charge in [-0.2, -0.15) is 0 Å². The summed E-state index contributed by atoms with van der Waals surface area (Å²) in [6.07, 6.45) is 0. The Morgan fingerprint density at radius 3 is 2.61 bits per heavy atom. The molecule has 0 aliphatic carbocycles. The van der Waals surface area contributed by atoms with Crippen molar-refractivity contribution in [3.63, 3.8) is 0 Å². The maximum atomic E-state index is 12.8. The molecule has 2 aromatic rings. The Labute approximate surface area is 168 Å². The smallest absolute Gasteiger partial charge is 0.381 e. The number of carbonyl (C=O) groups is 2. The van der Waals surface area contributed by atoms with E-state index in [4.69, 9.17) is 11.6 Å². The molecule has 3 heterocycles. The molecule has 0 radical (unpaired) electrons. The number of imide groups is 1. The van der Waals surface area contributed by atoms with E-state index in [1.807, 2.05) is 42.7 Å². The number of rotatable bonds is 4. The topological polar surface area (TPSA) is 73.8 Å². The number of hydrogen-bond acceptors (Lipinski definition) is 4. The number of aliphatic imine (C=N–C) groups is 1. The van der Waals surface area contributed by atoms with E-state index < -0.39 is 6.04 Å². The van der Waals surface area contributed by atoms with Crippen molar-refractivity contribution in [2.24, 2.45) is 4.99 Å². The molecule has 1 unspecified atom stereocenters. The first kappa shape index (κ1) is 18.5. The average Bonchev–Trinajstić information content (AvgIpc) is 3.17. The quantitative estimate of drug-likeness (QED) is 0.798. The van der Waals surface area contributed by atoms with Gasteiger partial charge >= 0.3 is 12.0 Å². The molecular weight excluding hydrogens is 380 g/mol. The average molecular weight is 402 g/mol. The predicted molar refractivity (Wildman–Crippen MR) is 106 cm³/mol. The highest BCUT2D eigenvalue weighted by atomic mass is 35.5. The van der Waals surface area contributed by atoms with Gasteiger partial charge in [-0.3, -0.25) is 14.6 Å². The molecule has 0 spiro atoms. The summed E-state index contributed by atoms with van der Waals surface area (Å²) in [6, 6.07) is 6.62. The highest BCUT2D eigenvalue weighted by molar-refractivity contribution is 6.33. The second kappa shape index (κ2) is 6.63. The molecular formula is C19H22ClN6O2+. The fraction of sp³-hybridized carbons (Fsp3) is 0.368. The molecule has 28 heavy (non-hydrogen) atoms. The summed E-state index contributed by atoms with van der Waals surface area (Å²) in [5, 5.41) is 4.00. The second-order valence-electron chi connectivity index (χ2n) is 7.01. The molecule has 1 atom stereocenters. The number of urea groups is 1. The number of nitrogens with one attached hydrogen (secondary N) is 1. The fourth-order valence-electron chi connectivity index (χ4n) is 3.76. The number of imidazole rings is 1. The van der Waals surface area contributed by atoms with Gasteiger partial charge in [-0.25, -0.2) is 13.9 Å². The molecule has 1 aromatic carbocycles. The summed E-state index contributed by atoms with van der Waals surface area (Å²) < 4.78 is 3.98. The van der Waals surface area contributed by atoms with Crippen LogP contribution in [0.4, 0.5) is 16.4 Å². The number of halogens is 1. The Morgan fingerprint density at radius 2 is 1.89 bits per heavy atom. The first-order valence-corrected chi connectivity index (χ1v) is 9.44. The Kier molecular flexibility index (Phi) is 4.38. The van der Waals surface area contributed by atoms with Crippen molar-refractivity contribution in [3.05, 3.63) is 40.7 Å². The minimum atomic E-state index is -0.598. The summed E-state index contributed by atoms with van der Waals surface area (Å²) in [4.78, 5) is 32.3. The molecule has 2 aliphatic heterocycles. The number of likely N-dealkylation sites (N-methyl/N-ethyl adjacent to an activating group) is 2. The van der Waals surface area contributed by atoms with E-state index in [-0.39, 0.29) is 11.9 Å². The van der Waals surface area contributed by atoms with Gasteiger partial charge in [0, 0.05) is 20.6 Å². The first-order chi connectivity index (χ1) is 13.3. The number of amides is 3. The van der Waals surface area contributed by atoms with Crippen LogP contribution < -0.4 is 9.88 Å². The zero-order chi connectivity index (χ0) is 20.2. The number of anilines is 1. The highest BCUT2D eigenvalue weighted by Gasteiger charge is 2.53. The van der Waals surface area contributed by atoms with Crippen LogP contribution in [0.1, 0.15) is 17.4 Å². The van der Waals surface area contributed by atoms with Crippen LogP contribution in [0.15, 0.2) is 29.3 Å². The molecule has 0 saturated carbocycles. The van der Waals surface area contributed by atoms with E-state index >= 15 is 0 Å². The van der Waals surface area contributed by atoms with Crippen molar-refractivity contribution in [1.82, 2.24) is 14.4 Å². The lowest BCUT2D eigenvalue weighted by atomic mass is 10.1. The standard InChI is InChI=1S/C19H22ClN6O2/c1-11-12(2)26-15-16(23(3)19(28)24(4)17(15)27)22-18(26)25(11)10-9-21-14-8-6-5-7-13(14)20/h5-8,15,21H,9-10H2,1-4H3/q+1. The Balaban J connectivity index is 1.65. The van der Waals surface area contributed by atoms with Crippen LogP contribution in [0.5, 0.6) is 0 Å². The van der Waals surface area contributed by atoms with Gasteiger partial charge in [0.1, 0.15) is 11.4 Å². The van der Waals surface area contributed by atoms with Gasteiger partial charge in [0.05, 0.1) is 17.3 Å². The van der Waals surface area contributed by atoms with Gasteiger partial charge in [-0.05, 0) is 26.0 Å². The lowest BCUT2D eigenvalue weighted by molar-refractivity contribution is -0.686. The van der Waals surface area contributed by atoms with Crippen LogP contribution in [0.3, 0.4) is 0 Å². The largest absolute Gasteiger partial charge is 0.402 e. The number of benzene rings is 1. The molecule has 1 aromatic heterocycles. The Hall–Kier alpha value is -2.87. The minimum absolute atomic E-state index is 0.264. The SMILES string of the molecule is Cc1c(C)[n+](CCNc2ccccc2Cl)c2n1C1C(=O)N(C)C(=O)N(C)C1=N2. The minimum Gasteiger partial charge on any atom is -0.381 e. The molecule has 1 N–H and O–H groups in total. The Bertz CT molecular complexity index is 1030. The molecule has 9 heteroatoms. The van der Waals surface area contributed by atoms with Crippen LogP contribution in [0, 0.1) is 13.8 Å². The predicted octanol–water partition coefficient (Wildman–Crippen LogP) is 2.27. The van der Waals surface area contributed by atoms with Crippen LogP contribution in [-0.2, 0) is 11.3 Å². The van der Waals surface area contributed by atoms with Crippen molar-refractivity contribution >= 4 is 41.0 Å². The third-order valence-electron chi connectivity index (χ3n) is 5.47. The lowest BCUT2D eigenvalue weighted by Crippen LogP contribution is -2.56. The van der Waals surface area contributed by atoms with E-state index in [1.165, 1.54) is 11.9 Å². The van der Waals surface area contributed by atoms with E-state index in [9.17, 15) is 9.59 Å². The van der Waals surface area contributed by atoms with Crippen LogP contribution in [-0.4, -0.2) is 52.8 Å². The van der Waals surface area contributed by atoms with Gasteiger partial charge in [0.25, 0.3) is 5.91 Å². The third-order valence-corrected chi connectivity index (χ3v) is 5.80. The van der Waals surface area contributed by atoms with E-state index in [0.717, 1.165) is 22.0 Å². The number of aromatic nitrogens is 2. The van der Waals surface area contributed by atoms with Crippen molar-refractivity contribution in [2.75, 3.05) is 26.0 Å². The number of para-hydroxylation sites is 1. The van der Waals surface area contributed by atoms with Gasteiger partial charge in [0.15, 0.2) is 0 Å². The van der Waals surface area contributed by atoms with E-state index in [1.54, 1.807) is 7.05 Å². The summed E-state index contributed by atoms with van der Waals surface area (Å²) in [5.74, 6) is 0.887. The molecule has 8 nitrogen and oxygen atoms in total. The van der Waals surface area contributed by atoms with Gasteiger partial charge in [-0.15, -0.1) is 0 Å². The summed E-state index contributed by atoms with van der Waals surface area (Å²) in [5.41, 5.74) is 2.87. The molecule has 146 valence electrons. The molecule has 3 amide bonds. The molecule has 2 aliphatic rings. The Morgan fingerprint density at radius 1 is 1.18 bits per heavy atom. The maximum absolute atomic E-state index is 12.8.